The number of carboxylic acids is 1. The average Bonchev–Trinajstić information content (AvgIpc) is 0.858. The molecule has 0 radical (unpaired) electrons. The molecule has 0 fully saturated rings. The van der Waals surface area contributed by atoms with E-state index in [1.165, 1.54) is 0 Å². The van der Waals surface area contributed by atoms with E-state index in [2.05, 4.69) is 69.1 Å². The van der Waals surface area contributed by atoms with Crippen molar-refractivity contribution < 1.29 is 77.0 Å². The van der Waals surface area contributed by atoms with Gasteiger partial charge in [0.15, 0.2) is 0 Å². The molecule has 0 aliphatic rings. The Kier molecular flexibility index (Phi) is 56.9. The third kappa shape index (κ3) is 48.7. The number of hydrogen-bond acceptors (Lipinski definition) is 21. The fraction of sp³-hybridized carbons (Fsp3) is 0.819. The molecule has 0 aromatic carbocycles. The number of unbranched alkanes of at least 4 members (excludes halogenated alkanes) is 5. The summed E-state index contributed by atoms with van der Waals surface area (Å²) >= 11 is 0. The summed E-state index contributed by atoms with van der Waals surface area (Å²) in [5, 5.41) is 45.7. The number of carboxylic acid groups (broad SMARTS) is 1. The van der Waals surface area contributed by atoms with E-state index in [0.29, 0.717) is 64.2 Å². The van der Waals surface area contributed by atoms with E-state index in [1.807, 2.05) is 55.4 Å². The van der Waals surface area contributed by atoms with Crippen LogP contribution in [0.5, 0.6) is 0 Å². The lowest BCUT2D eigenvalue weighted by atomic mass is 9.98. The Morgan fingerprint density at radius 2 is 0.370 bits per heavy atom. The summed E-state index contributed by atoms with van der Waals surface area (Å²) in [6.07, 6.45) is 4.07. The number of nitrogens with two attached hydrogens (primary N) is 7. The van der Waals surface area contributed by atoms with E-state index < -0.39 is 186 Å². The molecule has 36 nitrogen and oxygen atoms in total. The number of aliphatic carboxylic acids is 1. The van der Waals surface area contributed by atoms with Crippen LogP contribution < -0.4 is 109 Å². The number of amides is 14. The maximum Gasteiger partial charge on any atom is 0.303 e. The molecule has 0 aromatic heterocycles. The summed E-state index contributed by atoms with van der Waals surface area (Å²) in [4.78, 5) is 212. The van der Waals surface area contributed by atoms with Gasteiger partial charge in [0.05, 0.1) is 6.04 Å². The Morgan fingerprint density at radius 1 is 0.218 bits per heavy atom. The van der Waals surface area contributed by atoms with Crippen molar-refractivity contribution in [2.75, 3.05) is 32.7 Å². The van der Waals surface area contributed by atoms with E-state index >= 15 is 0 Å². The number of rotatable bonds is 66. The van der Waals surface area contributed by atoms with E-state index in [0.717, 1.165) is 0 Å². The van der Waals surface area contributed by atoms with Crippen molar-refractivity contribution in [3.63, 3.8) is 0 Å². The van der Waals surface area contributed by atoms with Crippen LogP contribution in [0.4, 0.5) is 0 Å². The zero-order valence-corrected chi connectivity index (χ0v) is 74.5. The number of carbonyl (C=O) groups excluding carboxylic acids is 14. The van der Waals surface area contributed by atoms with Crippen molar-refractivity contribution >= 4 is 88.7 Å². The molecule has 0 rings (SSSR count). The highest BCUT2D eigenvalue weighted by atomic mass is 16.4. The van der Waals surface area contributed by atoms with Crippen LogP contribution in [0.1, 0.15) is 271 Å². The van der Waals surface area contributed by atoms with E-state index in [1.54, 1.807) is 55.4 Å². The van der Waals surface area contributed by atoms with Gasteiger partial charge in [-0.05, 0) is 234 Å². The Labute approximate surface area is 707 Å². The average molecular weight is 1690 g/mol. The molecular formula is C83H158N20O16. The Morgan fingerprint density at radius 3 is 0.538 bits per heavy atom. The minimum absolute atomic E-state index is 0.00198. The van der Waals surface area contributed by atoms with Gasteiger partial charge >= 0.3 is 5.97 Å². The SMILES string of the molecule is CC(C)C[C@H](NC(=O)[C@H](CC(C)C)NC(=O)[C@H](CCCCN)NC(=O)[C@H](CCCCN)NC(=O)[C@H](CC(C)C)NC(=O)[C@H](CC(C)C)NC(=O)[C@H](CCCCN)NC(=O)[C@H](CCC(=O)O)NC(=O)[C@H](CC(C)C)NC(=O)[C@H](CC(C)C)NC(=O)[C@H](CCCCN)NC(=O)[C@H](CCCCN)NC(=O)[C@H](CC(C)C)NC(=O)[C@@H](N)CC(C)C)C(N)=O. The standard InChI is InChI=1S/C83H158N20O16/c1-47(2)39-55(89)71(107)98-63(41-49(5)6)78(114)94-56(27-17-22-34-84)72(108)92-59(30-20-25-37-87)75(111)100-68(46-54(15)16)83(119)103-65(43-51(9)10)80(116)96-61(32-33-69(104)105)77(113)93-60(31-21-26-38-88)76(112)101-67(45-53(13)14)82(118)102-64(42-50(7)8)79(115)95-57(28-18-23-35-85)73(109)91-58(29-19-24-36-86)74(110)99-66(44-52(11)12)81(117)97-62(70(90)106)40-48(3)4/h47-68H,17-46,84-89H2,1-16H3,(H2,90,106)(H,91,109)(H,92,108)(H,93,113)(H,94,114)(H,95,115)(H,96,116)(H,97,117)(H,98,107)(H,99,110)(H,100,111)(H,101,112)(H,102,118)(H,103,119)(H,104,105)/t55-,56-,57-,58-,59-,60-,61-,62-,63-,64-,65-,66-,67-,68-/m0/s1. The van der Waals surface area contributed by atoms with Crippen molar-refractivity contribution in [2.45, 2.75) is 356 Å². The normalized spacial score (nSPS) is 15.2. The first-order valence-electron chi connectivity index (χ1n) is 43.6. The molecular weight excluding hydrogens is 1530 g/mol. The van der Waals surface area contributed by atoms with Crippen LogP contribution in [0.15, 0.2) is 0 Å². The number of hydrogen-bond donors (Lipinski definition) is 21. The molecule has 0 unspecified atom stereocenters. The van der Waals surface area contributed by atoms with Gasteiger partial charge in [-0.2, -0.15) is 0 Å². The molecule has 119 heavy (non-hydrogen) atoms. The molecule has 0 aliphatic heterocycles. The maximum absolute atomic E-state index is 14.8. The lowest BCUT2D eigenvalue weighted by Gasteiger charge is -2.30. The number of primary amides is 1. The van der Waals surface area contributed by atoms with Crippen LogP contribution in [0.25, 0.3) is 0 Å². The lowest BCUT2D eigenvalue weighted by molar-refractivity contribution is -0.139. The monoisotopic (exact) mass is 1690 g/mol. The van der Waals surface area contributed by atoms with Crippen molar-refractivity contribution in [3.05, 3.63) is 0 Å². The number of carbonyl (C=O) groups is 15. The molecule has 28 N–H and O–H groups in total. The Bertz CT molecular complexity index is 3100. The van der Waals surface area contributed by atoms with Gasteiger partial charge in [-0.3, -0.25) is 71.9 Å². The molecule has 36 heteroatoms. The second-order valence-corrected chi connectivity index (χ2v) is 35.2. The molecule has 0 heterocycles. The van der Waals surface area contributed by atoms with Crippen molar-refractivity contribution in [3.8, 4) is 0 Å². The molecule has 14 atom stereocenters. The first-order valence-corrected chi connectivity index (χ1v) is 43.6. The molecule has 0 aliphatic carbocycles. The second kappa shape index (κ2) is 61.2. The Hall–Kier alpha value is -8.19. The van der Waals surface area contributed by atoms with Gasteiger partial charge in [-0.25, -0.2) is 0 Å². The molecule has 0 saturated carbocycles. The van der Waals surface area contributed by atoms with Crippen molar-refractivity contribution in [1.82, 2.24) is 69.1 Å². The minimum atomic E-state index is -1.65. The summed E-state index contributed by atoms with van der Waals surface area (Å²) < 4.78 is 0. The summed E-state index contributed by atoms with van der Waals surface area (Å²) in [6, 6.07) is -17.6. The van der Waals surface area contributed by atoms with Gasteiger partial charge in [-0.1, -0.05) is 111 Å². The Balaban J connectivity index is 7.42. The van der Waals surface area contributed by atoms with Crippen LogP contribution in [-0.2, 0) is 71.9 Å². The van der Waals surface area contributed by atoms with Crippen LogP contribution >= 0.6 is 0 Å². The number of nitrogens with one attached hydrogen (secondary N) is 13. The van der Waals surface area contributed by atoms with E-state index in [-0.39, 0.29) is 164 Å². The highest BCUT2D eigenvalue weighted by Crippen LogP contribution is 2.19. The van der Waals surface area contributed by atoms with Crippen molar-refractivity contribution in [2.24, 2.45) is 87.5 Å². The van der Waals surface area contributed by atoms with Gasteiger partial charge in [0.25, 0.3) is 0 Å². The third-order valence-corrected chi connectivity index (χ3v) is 19.6. The van der Waals surface area contributed by atoms with Gasteiger partial charge < -0.3 is 114 Å². The van der Waals surface area contributed by atoms with Crippen LogP contribution in [0.3, 0.4) is 0 Å². The molecule has 0 saturated heterocycles. The summed E-state index contributed by atoms with van der Waals surface area (Å²) in [6.45, 7) is 30.5. The van der Waals surface area contributed by atoms with E-state index in [4.69, 9.17) is 40.1 Å². The smallest absolute Gasteiger partial charge is 0.303 e. The van der Waals surface area contributed by atoms with Crippen molar-refractivity contribution in [1.29, 1.82) is 0 Å². The van der Waals surface area contributed by atoms with Gasteiger partial charge in [0.1, 0.15) is 78.5 Å². The topological polar surface area (TPSA) is 615 Å². The predicted octanol–water partition coefficient (Wildman–Crippen LogP) is 0.980. The zero-order valence-electron chi connectivity index (χ0n) is 74.5. The summed E-state index contributed by atoms with van der Waals surface area (Å²) in [7, 11) is 0. The molecule has 0 bridgehead atoms. The molecule has 686 valence electrons. The zero-order chi connectivity index (χ0) is 90.8. The quantitative estimate of drug-likeness (QED) is 0.0377. The van der Waals surface area contributed by atoms with E-state index in [9.17, 15) is 77.0 Å². The third-order valence-electron chi connectivity index (χ3n) is 19.6. The molecule has 14 amide bonds. The van der Waals surface area contributed by atoms with Gasteiger partial charge in [0.2, 0.25) is 82.7 Å². The summed E-state index contributed by atoms with van der Waals surface area (Å²) in [5.74, 6) is -13.2. The predicted molar refractivity (Wildman–Crippen MR) is 459 cm³/mol. The van der Waals surface area contributed by atoms with Gasteiger partial charge in [0, 0.05) is 6.42 Å². The maximum atomic E-state index is 14.8. The minimum Gasteiger partial charge on any atom is -0.481 e. The largest absolute Gasteiger partial charge is 0.481 e. The highest BCUT2D eigenvalue weighted by molar-refractivity contribution is 6.00. The lowest BCUT2D eigenvalue weighted by Crippen LogP contribution is -2.61. The second-order valence-electron chi connectivity index (χ2n) is 35.2. The molecule has 0 spiro atoms. The van der Waals surface area contributed by atoms with Crippen LogP contribution in [0, 0.1) is 47.3 Å². The first-order chi connectivity index (χ1) is 55.8. The van der Waals surface area contributed by atoms with Gasteiger partial charge in [-0.15, -0.1) is 0 Å². The van der Waals surface area contributed by atoms with Crippen LogP contribution in [0.2, 0.25) is 0 Å². The summed E-state index contributed by atoms with van der Waals surface area (Å²) in [5.41, 5.74) is 41.2. The highest BCUT2D eigenvalue weighted by Gasteiger charge is 2.39. The first kappa shape index (κ1) is 111. The molecule has 0 aromatic rings. The fourth-order valence-corrected chi connectivity index (χ4v) is 13.4. The fourth-order valence-electron chi connectivity index (χ4n) is 13.4. The van der Waals surface area contributed by atoms with Crippen LogP contribution in [-0.4, -0.2) is 211 Å².